The topological polar surface area (TPSA) is 78.9 Å². The Balaban J connectivity index is 4.28. The number of esters is 3. The quantitative estimate of drug-likeness (QED) is 0.0266. The van der Waals surface area contributed by atoms with E-state index in [9.17, 15) is 14.4 Å². The second-order valence-corrected chi connectivity index (χ2v) is 15.7. The third-order valence-corrected chi connectivity index (χ3v) is 10.1. The standard InChI is InChI=1S/C49H88O6/c1-4-7-10-13-16-18-20-22-24-26-27-29-31-33-36-39-42-48(51)54-45-46(44-53-47(50)41-38-35-15-12-9-6-3)55-49(52)43-40-37-34-32-30-28-25-23-21-19-17-14-11-8-5-2/h17,19,23-26,46H,4-16,18,20-22,27-45H2,1-3H3/b19-17-,25-23-,26-24-. The zero-order valence-corrected chi connectivity index (χ0v) is 36.4. The number of carbonyl (C=O) groups excluding carboxylic acids is 3. The zero-order chi connectivity index (χ0) is 40.1. The normalized spacial score (nSPS) is 12.3. The van der Waals surface area contributed by atoms with Crippen LogP contribution in [0.4, 0.5) is 0 Å². The number of allylic oxidation sites excluding steroid dienone is 6. The fourth-order valence-corrected chi connectivity index (χ4v) is 6.52. The first kappa shape index (κ1) is 52.6. The Morgan fingerprint density at radius 3 is 1.05 bits per heavy atom. The van der Waals surface area contributed by atoms with Crippen molar-refractivity contribution in [2.45, 2.75) is 245 Å². The molecule has 0 fully saturated rings. The minimum Gasteiger partial charge on any atom is -0.462 e. The summed E-state index contributed by atoms with van der Waals surface area (Å²) in [6, 6.07) is 0. The van der Waals surface area contributed by atoms with E-state index in [2.05, 4.69) is 57.2 Å². The van der Waals surface area contributed by atoms with Crippen LogP contribution >= 0.6 is 0 Å². The van der Waals surface area contributed by atoms with Crippen LogP contribution in [0.15, 0.2) is 36.5 Å². The van der Waals surface area contributed by atoms with E-state index in [1.807, 2.05) is 0 Å². The lowest BCUT2D eigenvalue weighted by atomic mass is 10.1. The maximum Gasteiger partial charge on any atom is 0.306 e. The van der Waals surface area contributed by atoms with Gasteiger partial charge in [0.1, 0.15) is 13.2 Å². The number of unbranched alkanes of at least 4 members (excludes halogenated alkanes) is 25. The monoisotopic (exact) mass is 773 g/mol. The van der Waals surface area contributed by atoms with Crippen LogP contribution in [-0.4, -0.2) is 37.2 Å². The molecule has 0 N–H and O–H groups in total. The van der Waals surface area contributed by atoms with E-state index in [1.54, 1.807) is 0 Å². The number of hydrogen-bond acceptors (Lipinski definition) is 6. The molecule has 0 amide bonds. The average Bonchev–Trinajstić information content (AvgIpc) is 3.18. The van der Waals surface area contributed by atoms with E-state index >= 15 is 0 Å². The van der Waals surface area contributed by atoms with Gasteiger partial charge in [-0.2, -0.15) is 0 Å². The molecule has 0 saturated heterocycles. The van der Waals surface area contributed by atoms with Gasteiger partial charge in [0.25, 0.3) is 0 Å². The molecule has 6 nitrogen and oxygen atoms in total. The van der Waals surface area contributed by atoms with Crippen LogP contribution in [0.2, 0.25) is 0 Å². The van der Waals surface area contributed by atoms with E-state index < -0.39 is 6.10 Å². The molecule has 0 heterocycles. The van der Waals surface area contributed by atoms with Crippen LogP contribution in [0, 0.1) is 0 Å². The minimum absolute atomic E-state index is 0.0800. The summed E-state index contributed by atoms with van der Waals surface area (Å²) in [4.78, 5) is 37.6. The number of ether oxygens (including phenoxy) is 3. The fourth-order valence-electron chi connectivity index (χ4n) is 6.52. The third kappa shape index (κ3) is 42.6. The molecule has 55 heavy (non-hydrogen) atoms. The van der Waals surface area contributed by atoms with Gasteiger partial charge in [0.2, 0.25) is 0 Å². The van der Waals surface area contributed by atoms with Gasteiger partial charge >= 0.3 is 17.9 Å². The highest BCUT2D eigenvalue weighted by molar-refractivity contribution is 5.71. The van der Waals surface area contributed by atoms with Crippen molar-refractivity contribution in [3.63, 3.8) is 0 Å². The van der Waals surface area contributed by atoms with Gasteiger partial charge in [-0.1, -0.05) is 179 Å². The summed E-state index contributed by atoms with van der Waals surface area (Å²) in [5, 5.41) is 0. The molecule has 1 unspecified atom stereocenters. The molecular formula is C49H88O6. The molecule has 0 spiro atoms. The molecule has 6 heteroatoms. The molecule has 0 bridgehead atoms. The smallest absolute Gasteiger partial charge is 0.306 e. The number of carbonyl (C=O) groups is 3. The summed E-state index contributed by atoms with van der Waals surface area (Å²) in [5.74, 6) is -0.909. The lowest BCUT2D eigenvalue weighted by molar-refractivity contribution is -0.167. The average molecular weight is 773 g/mol. The summed E-state index contributed by atoms with van der Waals surface area (Å²) >= 11 is 0. The summed E-state index contributed by atoms with van der Waals surface area (Å²) < 4.78 is 16.6. The first-order valence-corrected chi connectivity index (χ1v) is 23.5. The van der Waals surface area contributed by atoms with Gasteiger partial charge in [-0.15, -0.1) is 0 Å². The highest BCUT2D eigenvalue weighted by Crippen LogP contribution is 2.13. The molecule has 0 aliphatic heterocycles. The zero-order valence-electron chi connectivity index (χ0n) is 36.4. The Morgan fingerprint density at radius 2 is 0.655 bits per heavy atom. The van der Waals surface area contributed by atoms with Crippen molar-refractivity contribution in [1.29, 1.82) is 0 Å². The van der Waals surface area contributed by atoms with E-state index in [4.69, 9.17) is 14.2 Å². The predicted octanol–water partition coefficient (Wildman–Crippen LogP) is 15.0. The molecular weight excluding hydrogens is 685 g/mol. The van der Waals surface area contributed by atoms with Crippen molar-refractivity contribution in [3.8, 4) is 0 Å². The highest BCUT2D eigenvalue weighted by Gasteiger charge is 2.19. The van der Waals surface area contributed by atoms with Crippen LogP contribution < -0.4 is 0 Å². The molecule has 0 aliphatic rings. The molecule has 0 aliphatic carbocycles. The molecule has 0 aromatic carbocycles. The van der Waals surface area contributed by atoms with E-state index in [1.165, 1.54) is 109 Å². The van der Waals surface area contributed by atoms with Gasteiger partial charge in [0.05, 0.1) is 0 Å². The number of rotatable bonds is 42. The summed E-state index contributed by atoms with van der Waals surface area (Å²) in [6.45, 7) is 6.53. The molecule has 0 aromatic heterocycles. The van der Waals surface area contributed by atoms with Gasteiger partial charge in [0.15, 0.2) is 6.10 Å². The largest absolute Gasteiger partial charge is 0.462 e. The summed E-state index contributed by atoms with van der Waals surface area (Å²) in [5.41, 5.74) is 0. The third-order valence-electron chi connectivity index (χ3n) is 10.1. The Hall–Kier alpha value is -2.37. The SMILES string of the molecule is CCCCC/C=C\C/C=C\CCCCCCCC(=O)OC(COC(=O)CCCCCCCC)COC(=O)CCCCCCC/C=C\CCCCCCCCC. The minimum atomic E-state index is -0.776. The molecule has 0 saturated carbocycles. The maximum atomic E-state index is 12.7. The van der Waals surface area contributed by atoms with E-state index in [0.29, 0.717) is 19.3 Å². The van der Waals surface area contributed by atoms with Gasteiger partial charge < -0.3 is 14.2 Å². The first-order chi connectivity index (χ1) is 27.0. The van der Waals surface area contributed by atoms with E-state index in [0.717, 1.165) is 89.9 Å². The van der Waals surface area contributed by atoms with Gasteiger partial charge in [-0.05, 0) is 77.0 Å². The second-order valence-electron chi connectivity index (χ2n) is 15.7. The lowest BCUT2D eigenvalue weighted by Gasteiger charge is -2.18. The van der Waals surface area contributed by atoms with Crippen molar-refractivity contribution in [1.82, 2.24) is 0 Å². The first-order valence-electron chi connectivity index (χ1n) is 23.5. The predicted molar refractivity (Wildman–Crippen MR) is 233 cm³/mol. The van der Waals surface area contributed by atoms with E-state index in [-0.39, 0.29) is 31.1 Å². The van der Waals surface area contributed by atoms with Crippen LogP contribution in [-0.2, 0) is 28.6 Å². The van der Waals surface area contributed by atoms with Gasteiger partial charge in [-0.3, -0.25) is 14.4 Å². The van der Waals surface area contributed by atoms with Crippen molar-refractivity contribution in [3.05, 3.63) is 36.5 Å². The summed E-state index contributed by atoms with van der Waals surface area (Å²) in [7, 11) is 0. The Bertz CT molecular complexity index is 938. The number of hydrogen-bond donors (Lipinski definition) is 0. The second kappa shape index (κ2) is 44.3. The van der Waals surface area contributed by atoms with Crippen molar-refractivity contribution < 1.29 is 28.6 Å². The highest BCUT2D eigenvalue weighted by atomic mass is 16.6. The Morgan fingerprint density at radius 1 is 0.364 bits per heavy atom. The lowest BCUT2D eigenvalue weighted by Crippen LogP contribution is -2.30. The van der Waals surface area contributed by atoms with Crippen molar-refractivity contribution in [2.75, 3.05) is 13.2 Å². The fraction of sp³-hybridized carbons (Fsp3) is 0.816. The van der Waals surface area contributed by atoms with Crippen molar-refractivity contribution in [2.24, 2.45) is 0 Å². The van der Waals surface area contributed by atoms with Crippen LogP contribution in [0.25, 0.3) is 0 Å². The van der Waals surface area contributed by atoms with Gasteiger partial charge in [0, 0.05) is 19.3 Å². The van der Waals surface area contributed by atoms with Crippen LogP contribution in [0.5, 0.6) is 0 Å². The van der Waals surface area contributed by atoms with Crippen LogP contribution in [0.3, 0.4) is 0 Å². The molecule has 0 rings (SSSR count). The molecule has 320 valence electrons. The van der Waals surface area contributed by atoms with Crippen LogP contribution in [0.1, 0.15) is 239 Å². The molecule has 1 atom stereocenters. The summed E-state index contributed by atoms with van der Waals surface area (Å²) in [6.07, 6.45) is 50.0. The Kier molecular flexibility index (Phi) is 42.4. The van der Waals surface area contributed by atoms with Crippen molar-refractivity contribution >= 4 is 17.9 Å². The van der Waals surface area contributed by atoms with Gasteiger partial charge in [-0.25, -0.2) is 0 Å². The Labute approximate surface area is 340 Å². The molecule has 0 aromatic rings. The maximum absolute atomic E-state index is 12.7. The molecule has 0 radical (unpaired) electrons.